The predicted octanol–water partition coefficient (Wildman–Crippen LogP) is 2.60. The summed E-state index contributed by atoms with van der Waals surface area (Å²) in [4.78, 5) is 23.0. The predicted molar refractivity (Wildman–Crippen MR) is 70.3 cm³/mol. The number of rotatable bonds is 6. The molecule has 0 aromatic rings. The summed E-state index contributed by atoms with van der Waals surface area (Å²) in [6.45, 7) is 13.0. The van der Waals surface area contributed by atoms with Gasteiger partial charge in [-0.05, 0) is 19.8 Å². The zero-order valence-corrected chi connectivity index (χ0v) is 12.6. The smallest absolute Gasteiger partial charge is 0.332 e. The fourth-order valence-electron chi connectivity index (χ4n) is 0.816. The van der Waals surface area contributed by atoms with Gasteiger partial charge in [0.25, 0.3) is 0 Å². The Kier molecular flexibility index (Phi) is 6.00. The Morgan fingerprint density at radius 1 is 1.00 bits per heavy atom. The molecule has 4 heteroatoms. The van der Waals surface area contributed by atoms with Gasteiger partial charge in [0.05, 0.1) is 5.60 Å². The van der Waals surface area contributed by atoms with Crippen molar-refractivity contribution in [2.75, 3.05) is 13.2 Å². The lowest BCUT2D eigenvalue weighted by Gasteiger charge is -2.29. The number of hydrogen-bond donors (Lipinski definition) is 0. The van der Waals surface area contributed by atoms with Crippen LogP contribution in [0.3, 0.4) is 0 Å². The van der Waals surface area contributed by atoms with E-state index in [9.17, 15) is 9.59 Å². The molecule has 0 aromatic heterocycles. The second kappa shape index (κ2) is 6.32. The molecule has 0 spiro atoms. The molecule has 0 heterocycles. The molecule has 0 bridgehead atoms. The normalized spacial score (nSPS) is 12.7. The first-order valence-corrected chi connectivity index (χ1v) is 6.29. The van der Waals surface area contributed by atoms with Crippen molar-refractivity contribution in [3.63, 3.8) is 0 Å². The second-order valence-electron chi connectivity index (χ2n) is 6.38. The summed E-state index contributed by atoms with van der Waals surface area (Å²) in [6.07, 6.45) is 0. The van der Waals surface area contributed by atoms with E-state index in [0.717, 1.165) is 0 Å². The van der Waals surface area contributed by atoms with Crippen LogP contribution in [0.4, 0.5) is 0 Å². The minimum atomic E-state index is -0.499. The lowest BCUT2D eigenvalue weighted by Crippen LogP contribution is -2.34. The Labute approximate surface area is 110 Å². The van der Waals surface area contributed by atoms with Gasteiger partial charge in [0.1, 0.15) is 6.61 Å². The first-order valence-electron chi connectivity index (χ1n) is 6.29. The maximum Gasteiger partial charge on any atom is 0.332 e. The standard InChI is InChI=1S/C14H26O4/c1-10(2)14(6,7)18-9-12(16)17-8-11(15)13(3,4)5/h10H,8-9H2,1-7H3. The van der Waals surface area contributed by atoms with Crippen LogP contribution < -0.4 is 0 Å². The molecule has 0 saturated heterocycles. The molecule has 106 valence electrons. The minimum Gasteiger partial charge on any atom is -0.456 e. The van der Waals surface area contributed by atoms with Crippen LogP contribution in [0.5, 0.6) is 0 Å². The van der Waals surface area contributed by atoms with Crippen LogP contribution in [-0.4, -0.2) is 30.6 Å². The molecule has 0 aromatic carbocycles. The molecule has 0 rings (SSSR count). The van der Waals surface area contributed by atoms with Gasteiger partial charge in [-0.25, -0.2) is 4.79 Å². The van der Waals surface area contributed by atoms with E-state index in [0.29, 0.717) is 5.92 Å². The van der Waals surface area contributed by atoms with Gasteiger partial charge in [-0.1, -0.05) is 34.6 Å². The lowest BCUT2D eigenvalue weighted by molar-refractivity contribution is -0.160. The van der Waals surface area contributed by atoms with E-state index >= 15 is 0 Å². The van der Waals surface area contributed by atoms with Crippen molar-refractivity contribution >= 4 is 11.8 Å². The molecule has 0 N–H and O–H groups in total. The van der Waals surface area contributed by atoms with E-state index in [1.807, 2.05) is 27.7 Å². The fourth-order valence-corrected chi connectivity index (χ4v) is 0.816. The molecule has 0 amide bonds. The largest absolute Gasteiger partial charge is 0.456 e. The summed E-state index contributed by atoms with van der Waals surface area (Å²) >= 11 is 0. The van der Waals surface area contributed by atoms with Crippen molar-refractivity contribution in [2.24, 2.45) is 11.3 Å². The molecule has 0 atom stereocenters. The Morgan fingerprint density at radius 2 is 1.50 bits per heavy atom. The molecule has 4 nitrogen and oxygen atoms in total. The molecule has 0 radical (unpaired) electrons. The Morgan fingerprint density at radius 3 is 1.89 bits per heavy atom. The van der Waals surface area contributed by atoms with E-state index in [4.69, 9.17) is 9.47 Å². The number of Topliss-reactive ketones (excluding diaryl/α,β-unsaturated/α-hetero) is 1. The van der Waals surface area contributed by atoms with Crippen molar-refractivity contribution in [1.82, 2.24) is 0 Å². The van der Waals surface area contributed by atoms with Gasteiger partial charge in [-0.3, -0.25) is 4.79 Å². The summed E-state index contributed by atoms with van der Waals surface area (Å²) in [6, 6.07) is 0. The number of ketones is 1. The third-order valence-electron chi connectivity index (χ3n) is 3.15. The molecule has 0 unspecified atom stereocenters. The first-order chi connectivity index (χ1) is 7.97. The van der Waals surface area contributed by atoms with Crippen molar-refractivity contribution in [3.8, 4) is 0 Å². The molecule has 0 fully saturated rings. The SMILES string of the molecule is CC(C)C(C)(C)OCC(=O)OCC(=O)C(C)(C)C. The second-order valence-corrected chi connectivity index (χ2v) is 6.38. The number of carbonyl (C=O) groups is 2. The quantitative estimate of drug-likeness (QED) is 0.687. The zero-order valence-electron chi connectivity index (χ0n) is 12.6. The highest BCUT2D eigenvalue weighted by Crippen LogP contribution is 2.20. The van der Waals surface area contributed by atoms with Gasteiger partial charge < -0.3 is 9.47 Å². The molecular formula is C14H26O4. The average molecular weight is 258 g/mol. The van der Waals surface area contributed by atoms with Crippen molar-refractivity contribution in [3.05, 3.63) is 0 Å². The van der Waals surface area contributed by atoms with Crippen LogP contribution in [0, 0.1) is 11.3 Å². The van der Waals surface area contributed by atoms with E-state index in [2.05, 4.69) is 0 Å². The maximum absolute atomic E-state index is 11.6. The van der Waals surface area contributed by atoms with E-state index in [1.54, 1.807) is 20.8 Å². The van der Waals surface area contributed by atoms with Gasteiger partial charge >= 0.3 is 5.97 Å². The van der Waals surface area contributed by atoms with Crippen molar-refractivity contribution in [1.29, 1.82) is 0 Å². The highest BCUT2D eigenvalue weighted by molar-refractivity contribution is 5.86. The summed E-state index contributed by atoms with van der Waals surface area (Å²) in [5.74, 6) is -0.304. The molecule has 0 saturated carbocycles. The first kappa shape index (κ1) is 17.1. The summed E-state index contributed by atoms with van der Waals surface area (Å²) < 4.78 is 10.4. The number of ether oxygens (including phenoxy) is 2. The van der Waals surface area contributed by atoms with Gasteiger partial charge in [0.15, 0.2) is 12.4 Å². The minimum absolute atomic E-state index is 0.0982. The third kappa shape index (κ3) is 6.15. The Bertz CT molecular complexity index is 297. The highest BCUT2D eigenvalue weighted by atomic mass is 16.6. The number of hydrogen-bond acceptors (Lipinski definition) is 4. The van der Waals surface area contributed by atoms with Crippen LogP contribution in [-0.2, 0) is 19.1 Å². The third-order valence-corrected chi connectivity index (χ3v) is 3.15. The average Bonchev–Trinajstić information content (AvgIpc) is 2.21. The van der Waals surface area contributed by atoms with E-state index < -0.39 is 11.4 Å². The topological polar surface area (TPSA) is 52.6 Å². The molecule has 0 aliphatic rings. The fraction of sp³-hybridized carbons (Fsp3) is 0.857. The van der Waals surface area contributed by atoms with Gasteiger partial charge in [-0.2, -0.15) is 0 Å². The highest BCUT2D eigenvalue weighted by Gasteiger charge is 2.26. The molecule has 0 aliphatic carbocycles. The van der Waals surface area contributed by atoms with E-state index in [-0.39, 0.29) is 24.6 Å². The van der Waals surface area contributed by atoms with Crippen molar-refractivity contribution < 1.29 is 19.1 Å². The van der Waals surface area contributed by atoms with Crippen molar-refractivity contribution in [2.45, 2.75) is 54.1 Å². The lowest BCUT2D eigenvalue weighted by atomic mass is 9.91. The monoisotopic (exact) mass is 258 g/mol. The van der Waals surface area contributed by atoms with Crippen LogP contribution in [0.2, 0.25) is 0 Å². The summed E-state index contributed by atoms with van der Waals surface area (Å²) in [5.41, 5.74) is -0.870. The van der Waals surface area contributed by atoms with Gasteiger partial charge in [0.2, 0.25) is 0 Å². The van der Waals surface area contributed by atoms with Crippen LogP contribution in [0.15, 0.2) is 0 Å². The summed E-state index contributed by atoms with van der Waals surface area (Å²) in [5, 5.41) is 0. The number of carbonyl (C=O) groups excluding carboxylic acids is 2. The van der Waals surface area contributed by atoms with Gasteiger partial charge in [-0.15, -0.1) is 0 Å². The Balaban J connectivity index is 4.05. The zero-order chi connectivity index (χ0) is 14.6. The van der Waals surface area contributed by atoms with Gasteiger partial charge in [0, 0.05) is 5.41 Å². The summed E-state index contributed by atoms with van der Waals surface area (Å²) in [7, 11) is 0. The number of esters is 1. The van der Waals surface area contributed by atoms with Crippen LogP contribution >= 0.6 is 0 Å². The molecule has 18 heavy (non-hydrogen) atoms. The molecular weight excluding hydrogens is 232 g/mol. The van der Waals surface area contributed by atoms with E-state index in [1.165, 1.54) is 0 Å². The Hall–Kier alpha value is -0.900. The maximum atomic E-state index is 11.6. The molecule has 0 aliphatic heterocycles. The van der Waals surface area contributed by atoms with Crippen LogP contribution in [0.25, 0.3) is 0 Å². The van der Waals surface area contributed by atoms with Crippen LogP contribution in [0.1, 0.15) is 48.5 Å².